The maximum Gasteiger partial charge on any atom is 0.156 e. The van der Waals surface area contributed by atoms with Crippen molar-refractivity contribution in [2.45, 2.75) is 32.2 Å². The Labute approximate surface area is 116 Å². The molecule has 0 fully saturated rings. The van der Waals surface area contributed by atoms with Gasteiger partial charge in [0.1, 0.15) is 20.9 Å². The predicted molar refractivity (Wildman–Crippen MR) is 81.7 cm³/mol. The Morgan fingerprint density at radius 2 is 1.95 bits per heavy atom. The van der Waals surface area contributed by atoms with Crippen molar-refractivity contribution in [1.82, 2.24) is 0 Å². The Bertz CT molecular complexity index is 480. The lowest BCUT2D eigenvalue weighted by atomic mass is 10.1. The molecule has 0 aromatic heterocycles. The van der Waals surface area contributed by atoms with E-state index < -0.39 is 14.2 Å². The third-order valence-electron chi connectivity index (χ3n) is 2.34. The first kappa shape index (κ1) is 15.5. The Kier molecular flexibility index (Phi) is 5.81. The van der Waals surface area contributed by atoms with Crippen molar-refractivity contribution in [3.8, 4) is 11.5 Å². The van der Waals surface area contributed by atoms with Gasteiger partial charge in [-0.05, 0) is 5.56 Å². The maximum atomic E-state index is 10.1. The normalized spacial score (nSPS) is 13.4. The summed E-state index contributed by atoms with van der Waals surface area (Å²) in [6, 6.07) is 9.85. The number of rotatable bonds is 4. The number of nitrogens with zero attached hydrogens (tertiary/aromatic N) is 1. The fraction of sp³-hybridized carbons (Fsp3) is 0.400. The average molecular weight is 275 g/mol. The molecular formula is C15H21NO2Si. The van der Waals surface area contributed by atoms with Crippen LogP contribution >= 0.6 is 0 Å². The van der Waals surface area contributed by atoms with Crippen molar-refractivity contribution in [2.75, 3.05) is 7.11 Å². The van der Waals surface area contributed by atoms with E-state index in [9.17, 15) is 5.11 Å². The fourth-order valence-electron chi connectivity index (χ4n) is 1.47. The van der Waals surface area contributed by atoms with Crippen LogP contribution in [0.1, 0.15) is 5.56 Å². The van der Waals surface area contributed by atoms with Crippen molar-refractivity contribution in [2.24, 2.45) is 5.16 Å². The Hall–Kier alpha value is -1.57. The lowest BCUT2D eigenvalue weighted by Crippen LogP contribution is -2.24. The van der Waals surface area contributed by atoms with Crippen LogP contribution in [0, 0.1) is 11.5 Å². The molecule has 0 radical (unpaired) electrons. The zero-order valence-electron chi connectivity index (χ0n) is 12.0. The Morgan fingerprint density at radius 1 is 1.32 bits per heavy atom. The van der Waals surface area contributed by atoms with Crippen molar-refractivity contribution in [1.29, 1.82) is 0 Å². The molecule has 4 heteroatoms. The van der Waals surface area contributed by atoms with Gasteiger partial charge in [0.15, 0.2) is 6.10 Å². The number of benzene rings is 1. The van der Waals surface area contributed by atoms with Crippen molar-refractivity contribution >= 4 is 13.8 Å². The second kappa shape index (κ2) is 7.12. The topological polar surface area (TPSA) is 41.8 Å². The lowest BCUT2D eigenvalue weighted by molar-refractivity contribution is 0.203. The summed E-state index contributed by atoms with van der Waals surface area (Å²) in [5.41, 5.74) is 4.77. The van der Waals surface area contributed by atoms with Gasteiger partial charge in [0.2, 0.25) is 0 Å². The minimum Gasteiger partial charge on any atom is -0.399 e. The first-order valence-corrected chi connectivity index (χ1v) is 9.77. The molecule has 0 aliphatic carbocycles. The van der Waals surface area contributed by atoms with Gasteiger partial charge >= 0.3 is 0 Å². The summed E-state index contributed by atoms with van der Waals surface area (Å²) in [4.78, 5) is 4.80. The van der Waals surface area contributed by atoms with Gasteiger partial charge in [-0.3, -0.25) is 0 Å². The first-order valence-electron chi connectivity index (χ1n) is 6.27. The average Bonchev–Trinajstić information content (AvgIpc) is 2.36. The molecule has 0 saturated heterocycles. The standard InChI is InChI=1S/C15H21NO2Si/c1-18-16-14(12-13-8-6-5-7-9-13)15(17)10-11-19(2,3)4/h5-9,15,17H,12H2,1-4H3/b16-14+. The molecule has 3 nitrogen and oxygen atoms in total. The molecule has 0 heterocycles. The first-order chi connectivity index (χ1) is 8.92. The molecular weight excluding hydrogens is 254 g/mol. The number of aliphatic hydroxyl groups excluding tert-OH is 1. The summed E-state index contributed by atoms with van der Waals surface area (Å²) in [6.07, 6.45) is -0.331. The van der Waals surface area contributed by atoms with E-state index in [4.69, 9.17) is 4.84 Å². The van der Waals surface area contributed by atoms with Gasteiger partial charge in [0.05, 0.1) is 0 Å². The predicted octanol–water partition coefficient (Wildman–Crippen LogP) is 2.47. The summed E-state index contributed by atoms with van der Waals surface area (Å²) < 4.78 is 0. The van der Waals surface area contributed by atoms with E-state index in [1.54, 1.807) is 0 Å². The largest absolute Gasteiger partial charge is 0.399 e. The highest BCUT2D eigenvalue weighted by molar-refractivity contribution is 6.83. The quantitative estimate of drug-likeness (QED) is 0.397. The minimum atomic E-state index is -1.50. The maximum absolute atomic E-state index is 10.1. The van der Waals surface area contributed by atoms with Crippen molar-refractivity contribution in [3.05, 3.63) is 35.9 Å². The van der Waals surface area contributed by atoms with Crippen LogP contribution in [0.3, 0.4) is 0 Å². The molecule has 1 aromatic carbocycles. The molecule has 1 rings (SSSR count). The van der Waals surface area contributed by atoms with Gasteiger partial charge in [0.25, 0.3) is 0 Å². The van der Waals surface area contributed by atoms with E-state index in [1.165, 1.54) is 7.11 Å². The van der Waals surface area contributed by atoms with Gasteiger partial charge < -0.3 is 9.94 Å². The monoisotopic (exact) mass is 275 g/mol. The molecule has 1 N–H and O–H groups in total. The van der Waals surface area contributed by atoms with Gasteiger partial charge in [-0.2, -0.15) is 0 Å². The Balaban J connectivity index is 2.83. The number of hydrogen-bond donors (Lipinski definition) is 1. The minimum absolute atomic E-state index is 0.538. The molecule has 0 aliphatic rings. The molecule has 1 unspecified atom stereocenters. The molecule has 0 saturated carbocycles. The summed E-state index contributed by atoms with van der Waals surface area (Å²) in [7, 11) is -0.0219. The van der Waals surface area contributed by atoms with Gasteiger partial charge in [-0.25, -0.2) is 0 Å². The second-order valence-electron chi connectivity index (χ2n) is 5.35. The van der Waals surface area contributed by atoms with E-state index in [-0.39, 0.29) is 0 Å². The van der Waals surface area contributed by atoms with E-state index >= 15 is 0 Å². The van der Waals surface area contributed by atoms with E-state index in [0.29, 0.717) is 12.1 Å². The molecule has 0 amide bonds. The smallest absolute Gasteiger partial charge is 0.156 e. The number of aliphatic hydroxyl groups is 1. The Morgan fingerprint density at radius 3 is 2.47 bits per heavy atom. The van der Waals surface area contributed by atoms with E-state index in [1.807, 2.05) is 30.3 Å². The van der Waals surface area contributed by atoms with Crippen LogP contribution in [0.4, 0.5) is 0 Å². The summed E-state index contributed by atoms with van der Waals surface area (Å²) in [5.74, 6) is 2.88. The van der Waals surface area contributed by atoms with Crippen LogP contribution < -0.4 is 0 Å². The molecule has 1 atom stereocenters. The molecule has 1 aromatic rings. The SMILES string of the molecule is CO/N=C(\Cc1ccccc1)C(O)C#C[Si](C)(C)C. The third kappa shape index (κ3) is 6.23. The number of hydrogen-bond acceptors (Lipinski definition) is 3. The highest BCUT2D eigenvalue weighted by Gasteiger charge is 2.14. The van der Waals surface area contributed by atoms with E-state index in [0.717, 1.165) is 5.56 Å². The molecule has 0 bridgehead atoms. The van der Waals surface area contributed by atoms with Crippen LogP contribution in [-0.2, 0) is 11.3 Å². The third-order valence-corrected chi connectivity index (χ3v) is 3.23. The zero-order chi connectivity index (χ0) is 14.3. The zero-order valence-corrected chi connectivity index (χ0v) is 13.0. The van der Waals surface area contributed by atoms with Gasteiger partial charge in [-0.1, -0.05) is 61.0 Å². The number of oxime groups is 1. The highest BCUT2D eigenvalue weighted by Crippen LogP contribution is 2.05. The van der Waals surface area contributed by atoms with Crippen molar-refractivity contribution < 1.29 is 9.94 Å². The van der Waals surface area contributed by atoms with E-state index in [2.05, 4.69) is 36.3 Å². The molecule has 19 heavy (non-hydrogen) atoms. The fourth-order valence-corrected chi connectivity index (χ4v) is 2.04. The van der Waals surface area contributed by atoms with Crippen LogP contribution in [0.15, 0.2) is 35.5 Å². The van der Waals surface area contributed by atoms with Gasteiger partial charge in [-0.15, -0.1) is 5.54 Å². The van der Waals surface area contributed by atoms with Crippen LogP contribution in [-0.4, -0.2) is 32.1 Å². The van der Waals surface area contributed by atoms with Crippen LogP contribution in [0.25, 0.3) is 0 Å². The van der Waals surface area contributed by atoms with Crippen molar-refractivity contribution in [3.63, 3.8) is 0 Å². The molecule has 102 valence electrons. The van der Waals surface area contributed by atoms with Crippen LogP contribution in [0.5, 0.6) is 0 Å². The highest BCUT2D eigenvalue weighted by atomic mass is 28.3. The van der Waals surface area contributed by atoms with Crippen LogP contribution in [0.2, 0.25) is 19.6 Å². The van der Waals surface area contributed by atoms with Gasteiger partial charge in [0, 0.05) is 6.42 Å². The second-order valence-corrected chi connectivity index (χ2v) is 10.1. The molecule has 0 aliphatic heterocycles. The summed E-state index contributed by atoms with van der Waals surface area (Å²) in [6.45, 7) is 6.41. The summed E-state index contributed by atoms with van der Waals surface area (Å²) in [5, 5.41) is 14.0. The molecule has 0 spiro atoms. The summed E-state index contributed by atoms with van der Waals surface area (Å²) >= 11 is 0. The lowest BCUT2D eigenvalue weighted by Gasteiger charge is -2.09.